The van der Waals surface area contributed by atoms with E-state index in [1.807, 2.05) is 13.8 Å². The van der Waals surface area contributed by atoms with E-state index in [-0.39, 0.29) is 52.0 Å². The van der Waals surface area contributed by atoms with Gasteiger partial charge in [-0.3, -0.25) is 33.6 Å². The fraction of sp³-hybridized carbons (Fsp3) is 0.424. The zero-order valence-electron chi connectivity index (χ0n) is 54.0. The molecule has 5 aromatic rings. The molecule has 2 saturated heterocycles. The number of benzene rings is 5. The van der Waals surface area contributed by atoms with Gasteiger partial charge in [-0.2, -0.15) is 0 Å². The molecule has 2 fully saturated rings. The molecule has 11 bridgehead atoms. The molecular weight excluding hydrogens is 1340 g/mol. The summed E-state index contributed by atoms with van der Waals surface area (Å²) in [6.07, 6.45) is -18.2. The number of fused-ring (bicyclic) bond motifs is 15. The summed E-state index contributed by atoms with van der Waals surface area (Å²) in [6.45, 7) is 5.70. The summed E-state index contributed by atoms with van der Waals surface area (Å²) in [6, 6.07) is 1.22. The standard InChI is InChI=1S/C66H76ClN9O24/c1-24(2)14-35(70-5)58(87)75-50-52(83)28-9-13-39(34(67)16-28)97-41-18-29-17-40(55(41)100-65-56(54(85)53(84)42(23-77)98-65)99-44-22-66(4,69)57(86)25(3)95-44)96-31-10-6-26(7-11-31)51(82)49-63(92)74-48(64(93)94)33-19-30(78)20-38(80)45(33)32-15-27(8-12-37(32)79)46(60(89)76-49)73-61(90)47(29)72-59(88)36(21-43(68)81)71-62(50)91/h6-13,15-20,24-25,35-36,42,44,46-54,56-57,65,70,77-80,82-86H,14,21-23,69H2,1-5H3,(H2,68,81)(H,71,91)(H,72,88)(H,73,90)(H,74,92)(H,75,87)(H,76,89)(H,93,94)/t25-,35+,36-,42+,44-,46+,47+,48-,49-,50+,51+,52+,53+,54-,56+,57+,65-,66-/m0/s1. The first-order valence-electron chi connectivity index (χ1n) is 31.5. The number of primary amides is 1. The van der Waals surface area contributed by atoms with Crippen LogP contribution in [0.3, 0.4) is 0 Å². The number of rotatable bonds is 13. The normalized spacial score (nSPS) is 29.6. The first kappa shape index (κ1) is 73.2. The Morgan fingerprint density at radius 2 is 1.38 bits per heavy atom. The van der Waals surface area contributed by atoms with Crippen LogP contribution in [-0.4, -0.2) is 191 Å². The number of carboxylic acids is 1. The molecule has 7 aliphatic rings. The van der Waals surface area contributed by atoms with Gasteiger partial charge in [0.05, 0.1) is 36.3 Å². The fourth-order valence-corrected chi connectivity index (χ4v) is 12.7. The topological polar surface area (TPSA) is 530 Å². The van der Waals surface area contributed by atoms with Crippen molar-refractivity contribution in [3.8, 4) is 57.1 Å². The van der Waals surface area contributed by atoms with E-state index in [1.54, 1.807) is 0 Å². The van der Waals surface area contributed by atoms with Crippen molar-refractivity contribution < 1.29 is 118 Å². The zero-order chi connectivity index (χ0) is 72.7. The summed E-state index contributed by atoms with van der Waals surface area (Å²) in [5.41, 5.74) is 8.26. The third-order valence-corrected chi connectivity index (χ3v) is 18.0. The number of likely N-dealkylation sites (N-methyl/N-ethyl adjacent to an activating group) is 1. The van der Waals surface area contributed by atoms with Crippen molar-refractivity contribution >= 4 is 58.9 Å². The largest absolute Gasteiger partial charge is 0.508 e. The monoisotopic (exact) mass is 1410 g/mol. The number of phenolic OH excluding ortho intramolecular Hbond substituents is 3. The summed E-state index contributed by atoms with van der Waals surface area (Å²) >= 11 is 7.06. The van der Waals surface area contributed by atoms with Gasteiger partial charge in [0.2, 0.25) is 53.4 Å². The summed E-state index contributed by atoms with van der Waals surface area (Å²) in [5.74, 6) is -15.4. The molecule has 0 aromatic heterocycles. The lowest BCUT2D eigenvalue weighted by atomic mass is 9.86. The summed E-state index contributed by atoms with van der Waals surface area (Å²) in [7, 11) is 1.48. The Labute approximate surface area is 574 Å². The van der Waals surface area contributed by atoms with Crippen LogP contribution in [0.1, 0.15) is 105 Å². The minimum Gasteiger partial charge on any atom is -0.508 e. The van der Waals surface area contributed by atoms with Gasteiger partial charge in [-0.25, -0.2) is 4.79 Å². The average Bonchev–Trinajstić information content (AvgIpc) is 0.772. The lowest BCUT2D eigenvalue weighted by Gasteiger charge is -2.47. The number of aliphatic hydroxyl groups is 6. The summed E-state index contributed by atoms with van der Waals surface area (Å²) < 4.78 is 38.3. The molecule has 0 aliphatic carbocycles. The van der Waals surface area contributed by atoms with Gasteiger partial charge in [0.15, 0.2) is 29.9 Å². The smallest absolute Gasteiger partial charge is 0.330 e. The summed E-state index contributed by atoms with van der Waals surface area (Å²) in [4.78, 5) is 117. The van der Waals surface area contributed by atoms with Crippen molar-refractivity contribution in [2.24, 2.45) is 17.4 Å². The van der Waals surface area contributed by atoms with Crippen LogP contribution in [0.4, 0.5) is 0 Å². The molecular formula is C66H76ClN9O24. The van der Waals surface area contributed by atoms with Gasteiger partial charge in [0.25, 0.3) is 0 Å². The Morgan fingerprint density at radius 3 is 2.02 bits per heavy atom. The lowest BCUT2D eigenvalue weighted by Crippen LogP contribution is -2.64. The van der Waals surface area contributed by atoms with E-state index < -0.39 is 226 Å². The Kier molecular flexibility index (Phi) is 21.8. The van der Waals surface area contributed by atoms with Crippen molar-refractivity contribution in [3.05, 3.63) is 118 Å². The molecule has 0 spiro atoms. The molecule has 33 nitrogen and oxygen atoms in total. The zero-order valence-corrected chi connectivity index (χ0v) is 54.8. The highest BCUT2D eigenvalue weighted by atomic mass is 35.5. The highest BCUT2D eigenvalue weighted by Crippen LogP contribution is 2.49. The van der Waals surface area contributed by atoms with Crippen LogP contribution in [-0.2, 0) is 52.6 Å². The number of halogens is 1. The number of nitrogens with one attached hydrogen (secondary N) is 7. The number of carbonyl (C=O) groups excluding carboxylic acids is 7. The van der Waals surface area contributed by atoms with Gasteiger partial charge in [0, 0.05) is 34.7 Å². The molecule has 18 atom stereocenters. The van der Waals surface area contributed by atoms with Crippen LogP contribution < -0.4 is 62.9 Å². The molecule has 0 unspecified atom stereocenters. The number of ether oxygens (including phenoxy) is 6. The molecule has 7 aliphatic heterocycles. The maximum Gasteiger partial charge on any atom is 0.330 e. The fourth-order valence-electron chi connectivity index (χ4n) is 12.5. The quantitative estimate of drug-likeness (QED) is 0.0703. The van der Waals surface area contributed by atoms with Crippen LogP contribution in [0.25, 0.3) is 11.1 Å². The van der Waals surface area contributed by atoms with Crippen molar-refractivity contribution in [3.63, 3.8) is 0 Å². The van der Waals surface area contributed by atoms with Crippen LogP contribution in [0.15, 0.2) is 84.9 Å². The van der Waals surface area contributed by atoms with Gasteiger partial charge in [-0.15, -0.1) is 0 Å². The number of hydrogen-bond acceptors (Lipinski definition) is 25. The Balaban J connectivity index is 1.23. The minimum atomic E-state index is -2.31. The Hall–Kier alpha value is -9.49. The molecule has 21 N–H and O–H groups in total. The Bertz CT molecular complexity index is 4000. The predicted octanol–water partition coefficient (Wildman–Crippen LogP) is -0.547. The van der Waals surface area contributed by atoms with Crippen LogP contribution in [0, 0.1) is 5.92 Å². The number of carbonyl (C=O) groups is 8. The van der Waals surface area contributed by atoms with Crippen molar-refractivity contribution in [2.75, 3.05) is 13.7 Å². The first-order valence-corrected chi connectivity index (χ1v) is 31.9. The van der Waals surface area contributed by atoms with Crippen molar-refractivity contribution in [1.29, 1.82) is 0 Å². The molecule has 536 valence electrons. The van der Waals surface area contributed by atoms with Crippen molar-refractivity contribution in [2.45, 2.75) is 156 Å². The van der Waals surface area contributed by atoms with Gasteiger partial charge < -0.3 is 128 Å². The number of aliphatic hydroxyl groups excluding tert-OH is 6. The van der Waals surface area contributed by atoms with Gasteiger partial charge in [-0.1, -0.05) is 49.7 Å². The SMILES string of the molecule is CN[C@H](CC(C)C)C(=O)N[C@H]1C(=O)N[C@@H](CC(N)=O)C(=O)N[C@H]2C(=O)N[C@H]3C(=O)N[C@H](C(=O)N[C@H](C(=O)O)c4cc(O)cc(O)c4-c4cc3ccc4O)[C@H](O)c3ccc(cc3)Oc3cc2cc(c3O[C@@H]2O[C@H](CO)[C@@H](O)[C@H](O)[C@H]2O[C@H]2C[C@](C)(N)[C@H](O)[C@H](C)O2)Oc2ccc(cc2Cl)[C@H]1O. The van der Waals surface area contributed by atoms with Gasteiger partial charge in [-0.05, 0) is 110 Å². The summed E-state index contributed by atoms with van der Waals surface area (Å²) in [5, 5.41) is 131. The lowest BCUT2D eigenvalue weighted by molar-refractivity contribution is -0.333. The van der Waals surface area contributed by atoms with E-state index in [9.17, 15) is 75.0 Å². The molecule has 12 rings (SSSR count). The molecule has 100 heavy (non-hydrogen) atoms. The predicted molar refractivity (Wildman–Crippen MR) is 344 cm³/mol. The molecule has 0 saturated carbocycles. The molecule has 5 aromatic carbocycles. The van der Waals surface area contributed by atoms with E-state index in [0.717, 1.165) is 48.5 Å². The minimum absolute atomic E-state index is 0.0909. The first-order chi connectivity index (χ1) is 47.2. The maximum atomic E-state index is 16.0. The van der Waals surface area contributed by atoms with Crippen molar-refractivity contribution in [1.82, 2.24) is 37.2 Å². The average molecular weight is 1410 g/mol. The van der Waals surface area contributed by atoms with Crippen LogP contribution >= 0.6 is 11.6 Å². The van der Waals surface area contributed by atoms with E-state index in [2.05, 4.69) is 37.2 Å². The number of carboxylic acid groups (broad SMARTS) is 1. The number of hydrogen-bond donors (Lipinski definition) is 19. The number of aromatic hydroxyl groups is 3. The molecule has 7 heterocycles. The second kappa shape index (κ2) is 29.8. The van der Waals surface area contributed by atoms with E-state index in [4.69, 9.17) is 51.5 Å². The molecule has 7 amide bonds. The van der Waals surface area contributed by atoms with E-state index in [1.165, 1.54) is 57.3 Å². The second-order valence-electron chi connectivity index (χ2n) is 25.6. The van der Waals surface area contributed by atoms with Crippen LogP contribution in [0.2, 0.25) is 5.02 Å². The highest BCUT2D eigenvalue weighted by Gasteiger charge is 2.51. The maximum absolute atomic E-state index is 16.0. The number of nitrogens with two attached hydrogens (primary N) is 2. The van der Waals surface area contributed by atoms with Gasteiger partial charge >= 0.3 is 5.97 Å². The Morgan fingerprint density at radius 1 is 0.730 bits per heavy atom. The van der Waals surface area contributed by atoms with Crippen LogP contribution in [0.5, 0.6) is 46.0 Å². The van der Waals surface area contributed by atoms with Gasteiger partial charge in [0.1, 0.15) is 89.5 Å². The number of aliphatic carboxylic acids is 1. The highest BCUT2D eigenvalue weighted by molar-refractivity contribution is 6.32. The number of amides is 7. The third-order valence-electron chi connectivity index (χ3n) is 17.7. The van der Waals surface area contributed by atoms with E-state index >= 15 is 14.4 Å². The van der Waals surface area contributed by atoms with E-state index in [0.29, 0.717) is 0 Å². The second-order valence-corrected chi connectivity index (χ2v) is 26.0. The number of phenols is 3. The molecule has 34 heteroatoms. The molecule has 0 radical (unpaired) electrons. The third kappa shape index (κ3) is 15.4.